The van der Waals surface area contributed by atoms with Crippen molar-refractivity contribution in [2.75, 3.05) is 47.5 Å². The maximum absolute atomic E-state index is 12.7. The second-order valence-corrected chi connectivity index (χ2v) is 18.4. The van der Waals surface area contributed by atoms with Gasteiger partial charge in [0.15, 0.2) is 6.10 Å². The lowest BCUT2D eigenvalue weighted by atomic mass is 10.1. The van der Waals surface area contributed by atoms with E-state index in [-0.39, 0.29) is 26.1 Å². The number of quaternary nitrogens is 1. The Labute approximate surface area is 372 Å². The highest BCUT2D eigenvalue weighted by molar-refractivity contribution is 7.47. The lowest BCUT2D eigenvalue weighted by molar-refractivity contribution is -0.870. The van der Waals surface area contributed by atoms with Gasteiger partial charge in [-0.25, -0.2) is 4.57 Å². The van der Waals surface area contributed by atoms with Gasteiger partial charge in [-0.2, -0.15) is 0 Å². The van der Waals surface area contributed by atoms with Crippen LogP contribution in [0.2, 0.25) is 0 Å². The van der Waals surface area contributed by atoms with Crippen LogP contribution in [0, 0.1) is 0 Å². The van der Waals surface area contributed by atoms with Crippen LogP contribution in [0.15, 0.2) is 72.9 Å². The Morgan fingerprint density at radius 1 is 0.607 bits per heavy atom. The van der Waals surface area contributed by atoms with E-state index >= 15 is 0 Å². The van der Waals surface area contributed by atoms with Gasteiger partial charge in [-0.3, -0.25) is 18.6 Å². The van der Waals surface area contributed by atoms with Crippen molar-refractivity contribution in [1.82, 2.24) is 0 Å². The van der Waals surface area contributed by atoms with Gasteiger partial charge >= 0.3 is 19.8 Å². The number of phosphoric ester groups is 1. The van der Waals surface area contributed by atoms with Crippen molar-refractivity contribution in [3.05, 3.63) is 72.9 Å². The fourth-order valence-corrected chi connectivity index (χ4v) is 6.84. The fraction of sp³-hybridized carbons (Fsp3) is 0.720. The zero-order valence-electron chi connectivity index (χ0n) is 39.2. The SMILES string of the molecule is CC/C=C\C/C=C\C/C=C\C/C=C\C=C\C(O)CCCC(=O)OC[C@H](COP(=O)(O)OCC[N+](C)(C)C)OC(=O)CCCCCCCCCCC/C=C\CCCCCCCC. The Balaban J connectivity index is 4.49. The number of hydrogen-bond donors (Lipinski definition) is 2. The van der Waals surface area contributed by atoms with E-state index in [0.29, 0.717) is 30.3 Å². The van der Waals surface area contributed by atoms with Crippen LogP contribution in [-0.4, -0.2) is 86.1 Å². The molecular formula is C50H89NO9P+. The molecule has 0 aromatic carbocycles. The first-order valence-electron chi connectivity index (χ1n) is 23.8. The molecule has 0 rings (SSSR count). The Morgan fingerprint density at radius 2 is 1.13 bits per heavy atom. The number of aliphatic hydroxyl groups excluding tert-OH is 1. The van der Waals surface area contributed by atoms with Crippen LogP contribution in [0.25, 0.3) is 0 Å². The number of hydrogen-bond acceptors (Lipinski definition) is 8. The van der Waals surface area contributed by atoms with Gasteiger partial charge in [0.2, 0.25) is 0 Å². The summed E-state index contributed by atoms with van der Waals surface area (Å²) in [5.74, 6) is -1.01. The molecule has 3 atom stereocenters. The van der Waals surface area contributed by atoms with Gasteiger partial charge in [-0.05, 0) is 70.6 Å². The lowest BCUT2D eigenvalue weighted by Gasteiger charge is -2.24. The summed E-state index contributed by atoms with van der Waals surface area (Å²) in [6.45, 7) is 4.07. The van der Waals surface area contributed by atoms with Gasteiger partial charge in [0.1, 0.15) is 19.8 Å². The maximum atomic E-state index is 12.7. The molecule has 0 bridgehead atoms. The predicted molar refractivity (Wildman–Crippen MR) is 253 cm³/mol. The normalized spacial score (nSPS) is 14.7. The molecular weight excluding hydrogens is 790 g/mol. The van der Waals surface area contributed by atoms with Gasteiger partial charge in [-0.1, -0.05) is 164 Å². The van der Waals surface area contributed by atoms with Crippen LogP contribution in [0.5, 0.6) is 0 Å². The third-order valence-corrected chi connectivity index (χ3v) is 10.8. The third kappa shape index (κ3) is 45.3. The molecule has 0 aliphatic carbocycles. The van der Waals surface area contributed by atoms with E-state index in [0.717, 1.165) is 44.9 Å². The van der Waals surface area contributed by atoms with E-state index in [1.54, 1.807) is 12.2 Å². The monoisotopic (exact) mass is 879 g/mol. The molecule has 61 heavy (non-hydrogen) atoms. The highest BCUT2D eigenvalue weighted by Crippen LogP contribution is 2.43. The van der Waals surface area contributed by atoms with Gasteiger partial charge in [0, 0.05) is 12.8 Å². The smallest absolute Gasteiger partial charge is 0.462 e. The Morgan fingerprint density at radius 3 is 1.70 bits per heavy atom. The molecule has 0 saturated heterocycles. The second kappa shape index (κ2) is 41.4. The van der Waals surface area contributed by atoms with Gasteiger partial charge in [0.05, 0.1) is 33.9 Å². The van der Waals surface area contributed by atoms with Gasteiger partial charge in [-0.15, -0.1) is 0 Å². The zero-order valence-corrected chi connectivity index (χ0v) is 40.1. The minimum absolute atomic E-state index is 0.00179. The Hall–Kier alpha value is -2.59. The molecule has 0 aromatic rings. The third-order valence-electron chi connectivity index (χ3n) is 9.82. The number of carbonyl (C=O) groups is 2. The minimum atomic E-state index is -4.43. The van der Waals surface area contributed by atoms with Crippen LogP contribution >= 0.6 is 7.82 Å². The standard InChI is InChI=1S/C50H88NO9P/c1-6-8-10-12-14-16-18-20-21-22-23-24-25-27-29-31-33-35-37-41-50(54)60-48(46-59-61(55,56)58-44-43-51(3,4)5)45-57-49(53)42-38-40-47(52)39-36-34-32-30-28-26-19-17-15-13-11-9-7-2/h9,11,15,17,20-21,26,28,32,34,36,39,47-48,52H,6-8,10,12-14,16,18-19,22-25,27,29-31,33,35,37-38,40-46H2,1-5H3/p+1/b11-9-,17-15-,21-20-,28-26-,34-32-,39-36+/t47?,48-/m1/s1. The fourth-order valence-electron chi connectivity index (χ4n) is 6.10. The first-order valence-corrected chi connectivity index (χ1v) is 25.3. The molecule has 0 heterocycles. The van der Waals surface area contributed by atoms with E-state index in [9.17, 15) is 24.2 Å². The predicted octanol–water partition coefficient (Wildman–Crippen LogP) is 12.8. The van der Waals surface area contributed by atoms with Crippen LogP contribution in [-0.2, 0) is 32.7 Å². The minimum Gasteiger partial charge on any atom is -0.462 e. The summed E-state index contributed by atoms with van der Waals surface area (Å²) in [6, 6.07) is 0. The molecule has 0 saturated carbocycles. The first kappa shape index (κ1) is 58.4. The summed E-state index contributed by atoms with van der Waals surface area (Å²) < 4.78 is 34.2. The number of aliphatic hydroxyl groups is 1. The van der Waals surface area contributed by atoms with Crippen molar-refractivity contribution in [3.8, 4) is 0 Å². The molecule has 0 aliphatic heterocycles. The lowest BCUT2D eigenvalue weighted by Crippen LogP contribution is -2.37. The average molecular weight is 879 g/mol. The van der Waals surface area contributed by atoms with E-state index in [2.05, 4.69) is 62.5 Å². The number of unbranched alkanes of at least 4 members (excludes halogenated alkanes) is 15. The molecule has 2 unspecified atom stereocenters. The number of likely N-dealkylation sites (N-methyl/N-ethyl adjacent to an activating group) is 1. The highest BCUT2D eigenvalue weighted by Gasteiger charge is 2.27. The summed E-state index contributed by atoms with van der Waals surface area (Å²) in [4.78, 5) is 35.5. The summed E-state index contributed by atoms with van der Waals surface area (Å²) >= 11 is 0. The first-order chi connectivity index (χ1) is 29.4. The van der Waals surface area contributed by atoms with E-state index in [4.69, 9.17) is 18.5 Å². The molecule has 0 aromatic heterocycles. The van der Waals surface area contributed by atoms with Crippen molar-refractivity contribution < 1.29 is 47.2 Å². The molecule has 2 N–H and O–H groups in total. The van der Waals surface area contributed by atoms with Gasteiger partial charge < -0.3 is 24.0 Å². The van der Waals surface area contributed by atoms with Crippen LogP contribution in [0.3, 0.4) is 0 Å². The van der Waals surface area contributed by atoms with Crippen molar-refractivity contribution in [2.45, 2.75) is 187 Å². The molecule has 10 nitrogen and oxygen atoms in total. The van der Waals surface area contributed by atoms with Gasteiger partial charge in [0.25, 0.3) is 0 Å². The second-order valence-electron chi connectivity index (χ2n) is 17.0. The summed E-state index contributed by atoms with van der Waals surface area (Å²) in [5.41, 5.74) is 0. The molecule has 11 heteroatoms. The van der Waals surface area contributed by atoms with Crippen LogP contribution in [0.1, 0.15) is 174 Å². The number of carbonyl (C=O) groups excluding carboxylic acids is 2. The van der Waals surface area contributed by atoms with E-state index in [1.807, 2.05) is 33.3 Å². The zero-order chi connectivity index (χ0) is 45.1. The number of rotatable bonds is 42. The quantitative estimate of drug-likeness (QED) is 0.0154. The van der Waals surface area contributed by atoms with Crippen molar-refractivity contribution >= 4 is 19.8 Å². The summed E-state index contributed by atoms with van der Waals surface area (Å²) in [6.07, 6.45) is 48.4. The highest BCUT2D eigenvalue weighted by atomic mass is 31.2. The molecule has 0 aliphatic rings. The van der Waals surface area contributed by atoms with Crippen molar-refractivity contribution in [1.29, 1.82) is 0 Å². The van der Waals surface area contributed by atoms with E-state index < -0.39 is 38.6 Å². The average Bonchev–Trinajstić information content (AvgIpc) is 3.21. The number of nitrogens with zero attached hydrogens (tertiary/aromatic N) is 1. The maximum Gasteiger partial charge on any atom is 0.472 e. The Bertz CT molecular complexity index is 1280. The topological polar surface area (TPSA) is 129 Å². The molecule has 0 spiro atoms. The van der Waals surface area contributed by atoms with Crippen molar-refractivity contribution in [3.63, 3.8) is 0 Å². The van der Waals surface area contributed by atoms with Crippen LogP contribution < -0.4 is 0 Å². The largest absolute Gasteiger partial charge is 0.472 e. The summed E-state index contributed by atoms with van der Waals surface area (Å²) in [5, 5.41) is 10.3. The number of esters is 2. The van der Waals surface area contributed by atoms with Crippen molar-refractivity contribution in [2.24, 2.45) is 0 Å². The number of phosphoric acid groups is 1. The number of allylic oxidation sites excluding steroid dienone is 11. The molecule has 352 valence electrons. The molecule has 0 radical (unpaired) electrons. The summed E-state index contributed by atoms with van der Waals surface area (Å²) in [7, 11) is 1.36. The number of ether oxygens (including phenoxy) is 2. The molecule has 0 amide bonds. The van der Waals surface area contributed by atoms with Crippen LogP contribution in [0.4, 0.5) is 0 Å². The Kier molecular flexibility index (Phi) is 39.7. The molecule has 0 fully saturated rings. The van der Waals surface area contributed by atoms with E-state index in [1.165, 1.54) is 83.5 Å².